The van der Waals surface area contributed by atoms with Gasteiger partial charge in [0, 0.05) is 12.5 Å². The van der Waals surface area contributed by atoms with Gasteiger partial charge in [-0.05, 0) is 68.7 Å². The lowest BCUT2D eigenvalue weighted by molar-refractivity contribution is -0.181. The normalized spacial score (nSPS) is 32.3. The van der Waals surface area contributed by atoms with E-state index in [1.165, 1.54) is 31.3 Å². The average molecular weight is 434 g/mol. The summed E-state index contributed by atoms with van der Waals surface area (Å²) < 4.78 is 5.62. The zero-order chi connectivity index (χ0) is 21.7. The lowest BCUT2D eigenvalue weighted by Gasteiger charge is -2.60. The summed E-state index contributed by atoms with van der Waals surface area (Å²) in [6.07, 6.45) is 3.94. The highest BCUT2D eigenvalue weighted by Gasteiger charge is 2.61. The number of hydrogen-bond acceptors (Lipinski definition) is 6. The molecule has 1 aromatic rings. The molecule has 4 bridgehead atoms. The molecule has 0 saturated heterocycles. The maximum Gasteiger partial charge on any atom is 0.312 e. The van der Waals surface area contributed by atoms with Crippen LogP contribution in [0.3, 0.4) is 0 Å². The molecule has 1 heterocycles. The van der Waals surface area contributed by atoms with E-state index in [4.69, 9.17) is 10.5 Å². The number of nitrogens with two attached hydrogens (primary N) is 1. The number of hydrogen-bond donors (Lipinski definition) is 3. The number of carbonyl (C=O) groups is 4. The first-order valence-electron chi connectivity index (χ1n) is 10.3. The van der Waals surface area contributed by atoms with Crippen LogP contribution in [0.15, 0.2) is 11.4 Å². The van der Waals surface area contributed by atoms with Gasteiger partial charge in [-0.1, -0.05) is 0 Å². The van der Waals surface area contributed by atoms with Gasteiger partial charge in [-0.15, -0.1) is 11.3 Å². The maximum atomic E-state index is 13.2. The van der Waals surface area contributed by atoms with Gasteiger partial charge in [0.1, 0.15) is 5.00 Å². The second kappa shape index (κ2) is 7.37. The Morgan fingerprint density at radius 1 is 1.20 bits per heavy atom. The van der Waals surface area contributed by atoms with Gasteiger partial charge < -0.3 is 21.1 Å². The van der Waals surface area contributed by atoms with Crippen LogP contribution in [-0.2, 0) is 19.1 Å². The molecule has 8 nitrogen and oxygen atoms in total. The molecule has 162 valence electrons. The number of amides is 3. The molecule has 3 amide bonds. The summed E-state index contributed by atoms with van der Waals surface area (Å²) in [6, 6.07) is 1.54. The van der Waals surface area contributed by atoms with Crippen LogP contribution < -0.4 is 16.4 Å². The molecule has 5 rings (SSSR count). The fourth-order valence-corrected chi connectivity index (χ4v) is 6.97. The summed E-state index contributed by atoms with van der Waals surface area (Å²) in [6.45, 7) is 3.04. The summed E-state index contributed by atoms with van der Waals surface area (Å²) in [4.78, 5) is 49.0. The maximum absolute atomic E-state index is 13.2. The zero-order valence-electron chi connectivity index (χ0n) is 17.2. The highest BCUT2D eigenvalue weighted by molar-refractivity contribution is 7.14. The van der Waals surface area contributed by atoms with Crippen molar-refractivity contribution in [1.29, 1.82) is 0 Å². The molecule has 9 heteroatoms. The Balaban J connectivity index is 1.45. The second-order valence-electron chi connectivity index (χ2n) is 9.27. The highest BCUT2D eigenvalue weighted by Crippen LogP contribution is 2.62. The number of esters is 1. The Bertz CT molecular complexity index is 896. The summed E-state index contributed by atoms with van der Waals surface area (Å²) in [5, 5.41) is 7.75. The van der Waals surface area contributed by atoms with Crippen molar-refractivity contribution in [3.8, 4) is 0 Å². The van der Waals surface area contributed by atoms with Crippen LogP contribution in [0, 0.1) is 17.3 Å². The molecule has 4 saturated carbocycles. The van der Waals surface area contributed by atoms with Gasteiger partial charge in [-0.2, -0.15) is 0 Å². The minimum absolute atomic E-state index is 0.0746. The predicted molar refractivity (Wildman–Crippen MR) is 111 cm³/mol. The van der Waals surface area contributed by atoms with Crippen LogP contribution >= 0.6 is 11.3 Å². The van der Waals surface area contributed by atoms with Crippen LogP contribution in [-0.4, -0.2) is 35.3 Å². The van der Waals surface area contributed by atoms with Gasteiger partial charge in [0.15, 0.2) is 6.10 Å². The second-order valence-corrected chi connectivity index (χ2v) is 10.2. The summed E-state index contributed by atoms with van der Waals surface area (Å²) in [5.74, 6) is -0.801. The quantitative estimate of drug-likeness (QED) is 0.593. The molecule has 0 aromatic carbocycles. The first-order chi connectivity index (χ1) is 14.1. The summed E-state index contributed by atoms with van der Waals surface area (Å²) >= 11 is 1.18. The Hall–Kier alpha value is -2.42. The average Bonchev–Trinajstić information content (AvgIpc) is 3.07. The minimum Gasteiger partial charge on any atom is -0.452 e. The van der Waals surface area contributed by atoms with Gasteiger partial charge in [-0.3, -0.25) is 19.2 Å². The third-order valence-electron chi connectivity index (χ3n) is 6.76. The van der Waals surface area contributed by atoms with Crippen LogP contribution in [0.4, 0.5) is 5.00 Å². The van der Waals surface area contributed by atoms with Crippen molar-refractivity contribution in [2.75, 3.05) is 5.32 Å². The van der Waals surface area contributed by atoms with Gasteiger partial charge in [-0.25, -0.2) is 0 Å². The molecule has 3 unspecified atom stereocenters. The van der Waals surface area contributed by atoms with E-state index in [2.05, 4.69) is 10.6 Å². The van der Waals surface area contributed by atoms with Crippen LogP contribution in [0.5, 0.6) is 0 Å². The number of ether oxygens (including phenoxy) is 1. The number of anilines is 1. The molecule has 3 atom stereocenters. The summed E-state index contributed by atoms with van der Waals surface area (Å²) in [7, 11) is 0. The van der Waals surface area contributed by atoms with Gasteiger partial charge in [0.05, 0.1) is 11.0 Å². The fraction of sp³-hybridized carbons (Fsp3) is 0.619. The predicted octanol–water partition coefficient (Wildman–Crippen LogP) is 2.19. The van der Waals surface area contributed by atoms with Crippen molar-refractivity contribution >= 4 is 40.0 Å². The molecule has 1 aromatic heterocycles. The van der Waals surface area contributed by atoms with Crippen molar-refractivity contribution in [3.05, 3.63) is 17.0 Å². The van der Waals surface area contributed by atoms with E-state index in [9.17, 15) is 19.2 Å². The van der Waals surface area contributed by atoms with Crippen LogP contribution in [0.2, 0.25) is 0 Å². The fourth-order valence-electron chi connectivity index (χ4n) is 6.17. The van der Waals surface area contributed by atoms with E-state index in [0.29, 0.717) is 23.3 Å². The largest absolute Gasteiger partial charge is 0.452 e. The molecule has 4 fully saturated rings. The zero-order valence-corrected chi connectivity index (χ0v) is 18.0. The lowest BCUT2D eigenvalue weighted by Crippen LogP contribution is -2.65. The van der Waals surface area contributed by atoms with E-state index in [-0.39, 0.29) is 23.0 Å². The van der Waals surface area contributed by atoms with Gasteiger partial charge in [0.25, 0.3) is 11.8 Å². The van der Waals surface area contributed by atoms with Crippen molar-refractivity contribution < 1.29 is 23.9 Å². The number of nitrogens with one attached hydrogen (secondary N) is 2. The Morgan fingerprint density at radius 3 is 2.47 bits per heavy atom. The van der Waals surface area contributed by atoms with E-state index >= 15 is 0 Å². The van der Waals surface area contributed by atoms with Crippen molar-refractivity contribution in [2.24, 2.45) is 23.0 Å². The van der Waals surface area contributed by atoms with Crippen molar-refractivity contribution in [3.63, 3.8) is 0 Å². The van der Waals surface area contributed by atoms with Crippen LogP contribution in [0.1, 0.15) is 62.7 Å². The van der Waals surface area contributed by atoms with E-state index in [0.717, 1.165) is 32.1 Å². The summed E-state index contributed by atoms with van der Waals surface area (Å²) in [5.41, 5.74) is 4.55. The number of thiophene rings is 1. The van der Waals surface area contributed by atoms with E-state index in [1.54, 1.807) is 5.38 Å². The lowest BCUT2D eigenvalue weighted by atomic mass is 9.47. The van der Waals surface area contributed by atoms with Crippen LogP contribution in [0.25, 0.3) is 0 Å². The van der Waals surface area contributed by atoms with Crippen molar-refractivity contribution in [2.45, 2.75) is 64.0 Å². The number of carbonyl (C=O) groups excluding carboxylic acids is 4. The Kier molecular flexibility index (Phi) is 5.12. The Morgan fingerprint density at radius 2 is 1.87 bits per heavy atom. The molecule has 0 radical (unpaired) electrons. The number of rotatable bonds is 6. The SMILES string of the molecule is CC(=O)NC12CC3CC(C1)CC(C(=O)OC(C)C(=O)Nc1sccc1C(N)=O)(C3)C2. The molecule has 4 N–H and O–H groups in total. The molecule has 4 aliphatic rings. The standard InChI is InChI=1S/C21H27N3O5S/c1-11(17(27)23-18-15(16(22)26)3-4-30-18)29-19(28)20-6-13-5-14(7-20)9-21(8-13,10-20)24-12(2)25/h3-4,11,13-14H,5-10H2,1-2H3,(H2,22,26)(H,23,27)(H,24,25). The molecular formula is C21H27N3O5S. The monoisotopic (exact) mass is 433 g/mol. The van der Waals surface area contributed by atoms with E-state index < -0.39 is 23.3 Å². The first kappa shape index (κ1) is 20.8. The minimum atomic E-state index is -1.01. The highest BCUT2D eigenvalue weighted by atomic mass is 32.1. The molecule has 30 heavy (non-hydrogen) atoms. The smallest absolute Gasteiger partial charge is 0.312 e. The van der Waals surface area contributed by atoms with Gasteiger partial charge in [0.2, 0.25) is 5.91 Å². The van der Waals surface area contributed by atoms with Gasteiger partial charge >= 0.3 is 5.97 Å². The molecule has 0 aliphatic heterocycles. The van der Waals surface area contributed by atoms with Crippen molar-refractivity contribution in [1.82, 2.24) is 5.32 Å². The molecule has 4 aliphatic carbocycles. The topological polar surface area (TPSA) is 128 Å². The third kappa shape index (κ3) is 3.71. The third-order valence-corrected chi connectivity index (χ3v) is 7.59. The first-order valence-corrected chi connectivity index (χ1v) is 11.2. The molecular weight excluding hydrogens is 406 g/mol. The molecule has 0 spiro atoms. The Labute approximate surface area is 178 Å². The number of primary amides is 1. The van der Waals surface area contributed by atoms with E-state index in [1.807, 2.05) is 0 Å².